The monoisotopic (exact) mass is 216 g/mol. The maximum absolute atomic E-state index is 11.9. The van der Waals surface area contributed by atoms with E-state index in [2.05, 4.69) is 10.2 Å². The van der Waals surface area contributed by atoms with Crippen LogP contribution in [0.2, 0.25) is 0 Å². The summed E-state index contributed by atoms with van der Waals surface area (Å²) in [5.74, 6) is 0. The topological polar surface area (TPSA) is 25.8 Å². The molecular weight excluding hydrogens is 214 g/mol. The maximum Gasteiger partial charge on any atom is 0.435 e. The van der Waals surface area contributed by atoms with Gasteiger partial charge < -0.3 is 0 Å². The first-order chi connectivity index (χ1) is 6.21. The summed E-state index contributed by atoms with van der Waals surface area (Å²) >= 11 is 0. The zero-order chi connectivity index (χ0) is 11.0. The molecule has 2 nitrogen and oxygen atoms in total. The molecule has 14 heavy (non-hydrogen) atoms. The first kappa shape index (κ1) is 10.7. The molecule has 1 aromatic heterocycles. The summed E-state index contributed by atoms with van der Waals surface area (Å²) in [5, 5.41) is 5.18. The SMILES string of the molecule is FC(F)(F)c1cnnc(C(F)(F)F)c1. The minimum absolute atomic E-state index is 0.0903. The summed E-state index contributed by atoms with van der Waals surface area (Å²) in [4.78, 5) is 0. The van der Waals surface area contributed by atoms with Crippen LogP contribution in [0.5, 0.6) is 0 Å². The van der Waals surface area contributed by atoms with Gasteiger partial charge in [0, 0.05) is 0 Å². The fourth-order valence-corrected chi connectivity index (χ4v) is 0.660. The summed E-state index contributed by atoms with van der Waals surface area (Å²) in [6.07, 6.45) is -9.54. The Morgan fingerprint density at radius 1 is 0.929 bits per heavy atom. The van der Waals surface area contributed by atoms with Gasteiger partial charge in [-0.3, -0.25) is 0 Å². The molecule has 1 aromatic rings. The lowest BCUT2D eigenvalue weighted by atomic mass is 10.2. The predicted molar refractivity (Wildman–Crippen MR) is 32.0 cm³/mol. The van der Waals surface area contributed by atoms with Gasteiger partial charge in [-0.1, -0.05) is 0 Å². The highest BCUT2D eigenvalue weighted by molar-refractivity contribution is 5.17. The van der Waals surface area contributed by atoms with Crippen LogP contribution in [-0.2, 0) is 12.4 Å². The highest BCUT2D eigenvalue weighted by atomic mass is 19.4. The highest BCUT2D eigenvalue weighted by Gasteiger charge is 2.37. The molecule has 8 heteroatoms. The van der Waals surface area contributed by atoms with Crippen molar-refractivity contribution in [1.29, 1.82) is 0 Å². The van der Waals surface area contributed by atoms with E-state index in [9.17, 15) is 26.3 Å². The van der Waals surface area contributed by atoms with Gasteiger partial charge in [0.05, 0.1) is 11.8 Å². The normalized spacial score (nSPS) is 13.0. The van der Waals surface area contributed by atoms with Crippen molar-refractivity contribution >= 4 is 0 Å². The van der Waals surface area contributed by atoms with Crippen molar-refractivity contribution < 1.29 is 26.3 Å². The largest absolute Gasteiger partial charge is 0.435 e. The number of alkyl halides is 6. The van der Waals surface area contributed by atoms with Gasteiger partial charge in [0.2, 0.25) is 0 Å². The quantitative estimate of drug-likeness (QED) is 0.622. The molecular formula is C6H2F6N2. The van der Waals surface area contributed by atoms with Gasteiger partial charge in [-0.2, -0.15) is 31.4 Å². The minimum Gasteiger partial charge on any atom is -0.166 e. The highest BCUT2D eigenvalue weighted by Crippen LogP contribution is 2.33. The number of aromatic nitrogens is 2. The molecule has 0 saturated carbocycles. The molecule has 0 aromatic carbocycles. The molecule has 0 fully saturated rings. The molecule has 0 atom stereocenters. The van der Waals surface area contributed by atoms with E-state index in [1.54, 1.807) is 0 Å². The van der Waals surface area contributed by atoms with E-state index in [1.165, 1.54) is 0 Å². The second-order valence-corrected chi connectivity index (χ2v) is 2.33. The van der Waals surface area contributed by atoms with Crippen molar-refractivity contribution in [3.63, 3.8) is 0 Å². The Morgan fingerprint density at radius 2 is 1.50 bits per heavy atom. The molecule has 1 heterocycles. The van der Waals surface area contributed by atoms with Gasteiger partial charge >= 0.3 is 12.4 Å². The number of hydrogen-bond donors (Lipinski definition) is 0. The lowest BCUT2D eigenvalue weighted by molar-refractivity contribution is -0.146. The van der Waals surface area contributed by atoms with Gasteiger partial charge in [-0.15, -0.1) is 5.10 Å². The summed E-state index contributed by atoms with van der Waals surface area (Å²) < 4.78 is 71.4. The van der Waals surface area contributed by atoms with E-state index in [-0.39, 0.29) is 12.3 Å². The second-order valence-electron chi connectivity index (χ2n) is 2.33. The average molecular weight is 216 g/mol. The van der Waals surface area contributed by atoms with Crippen molar-refractivity contribution in [2.24, 2.45) is 0 Å². The van der Waals surface area contributed by atoms with Crippen LogP contribution >= 0.6 is 0 Å². The van der Waals surface area contributed by atoms with Crippen molar-refractivity contribution in [3.8, 4) is 0 Å². The van der Waals surface area contributed by atoms with Crippen molar-refractivity contribution in [1.82, 2.24) is 10.2 Å². The number of nitrogens with zero attached hydrogens (tertiary/aromatic N) is 2. The Bertz CT molecular complexity index is 299. The van der Waals surface area contributed by atoms with E-state index >= 15 is 0 Å². The maximum atomic E-state index is 11.9. The molecule has 0 aliphatic heterocycles. The zero-order valence-corrected chi connectivity index (χ0v) is 6.32. The Morgan fingerprint density at radius 3 is 1.93 bits per heavy atom. The number of hydrogen-bond acceptors (Lipinski definition) is 2. The minimum atomic E-state index is -4.92. The van der Waals surface area contributed by atoms with Crippen LogP contribution < -0.4 is 0 Å². The van der Waals surface area contributed by atoms with Crippen LogP contribution in [0.15, 0.2) is 12.3 Å². The first-order valence-electron chi connectivity index (χ1n) is 3.18. The third-order valence-electron chi connectivity index (χ3n) is 1.27. The fraction of sp³-hybridized carbons (Fsp3) is 0.333. The van der Waals surface area contributed by atoms with Crippen molar-refractivity contribution in [2.45, 2.75) is 12.4 Å². The molecule has 1 rings (SSSR count). The van der Waals surface area contributed by atoms with Crippen LogP contribution in [0.1, 0.15) is 11.3 Å². The predicted octanol–water partition coefficient (Wildman–Crippen LogP) is 2.51. The first-order valence-corrected chi connectivity index (χ1v) is 3.18. The van der Waals surface area contributed by atoms with Crippen LogP contribution in [0.4, 0.5) is 26.3 Å². The Hall–Kier alpha value is -1.34. The van der Waals surface area contributed by atoms with Gasteiger partial charge in [0.25, 0.3) is 0 Å². The van der Waals surface area contributed by atoms with Gasteiger partial charge in [-0.25, -0.2) is 0 Å². The molecule has 78 valence electrons. The lowest BCUT2D eigenvalue weighted by Crippen LogP contribution is -2.13. The molecule has 0 spiro atoms. The fourth-order valence-electron chi connectivity index (χ4n) is 0.660. The molecule has 0 saturated heterocycles. The third-order valence-corrected chi connectivity index (χ3v) is 1.27. The summed E-state index contributed by atoms with van der Waals surface area (Å²) in [6.45, 7) is 0. The van der Waals surface area contributed by atoms with E-state index in [1.807, 2.05) is 0 Å². The Balaban J connectivity index is 3.15. The van der Waals surface area contributed by atoms with Gasteiger partial charge in [0.15, 0.2) is 5.69 Å². The van der Waals surface area contributed by atoms with Crippen molar-refractivity contribution in [3.05, 3.63) is 23.5 Å². The molecule has 0 bridgehead atoms. The molecule has 0 unspecified atom stereocenters. The van der Waals surface area contributed by atoms with E-state index in [4.69, 9.17) is 0 Å². The summed E-state index contributed by atoms with van der Waals surface area (Å²) in [6, 6.07) is -0.0903. The average Bonchev–Trinajstić information content (AvgIpc) is 2.01. The summed E-state index contributed by atoms with van der Waals surface area (Å²) in [5.41, 5.74) is -3.13. The molecule has 0 amide bonds. The summed E-state index contributed by atoms with van der Waals surface area (Å²) in [7, 11) is 0. The van der Waals surface area contributed by atoms with Crippen LogP contribution in [0, 0.1) is 0 Å². The Labute approximate surface area is 73.6 Å². The van der Waals surface area contributed by atoms with Gasteiger partial charge in [-0.05, 0) is 6.07 Å². The second kappa shape index (κ2) is 3.10. The van der Waals surface area contributed by atoms with Crippen LogP contribution in [0.3, 0.4) is 0 Å². The molecule has 0 aliphatic rings. The zero-order valence-electron chi connectivity index (χ0n) is 6.32. The molecule has 0 aliphatic carbocycles. The molecule has 0 radical (unpaired) electrons. The van der Waals surface area contributed by atoms with E-state index < -0.39 is 23.6 Å². The van der Waals surface area contributed by atoms with E-state index in [0.29, 0.717) is 0 Å². The van der Waals surface area contributed by atoms with Crippen LogP contribution in [-0.4, -0.2) is 10.2 Å². The van der Waals surface area contributed by atoms with Gasteiger partial charge in [0.1, 0.15) is 0 Å². The smallest absolute Gasteiger partial charge is 0.166 e. The number of halogens is 6. The standard InChI is InChI=1S/C6H2F6N2/c7-5(8,9)3-1-4(6(10,11)12)14-13-2-3/h1-2H. The van der Waals surface area contributed by atoms with E-state index in [0.717, 1.165) is 0 Å². The third kappa shape index (κ3) is 2.33. The number of rotatable bonds is 0. The van der Waals surface area contributed by atoms with Crippen molar-refractivity contribution in [2.75, 3.05) is 0 Å². The molecule has 0 N–H and O–H groups in total. The Kier molecular flexibility index (Phi) is 2.38. The van der Waals surface area contributed by atoms with Crippen LogP contribution in [0.25, 0.3) is 0 Å². The lowest BCUT2D eigenvalue weighted by Gasteiger charge is -2.08.